The third-order valence-corrected chi connectivity index (χ3v) is 2.85. The number of aromatic nitrogens is 1. The number of nitrogens with two attached hydrogens (primary N) is 2. The molecule has 18 heavy (non-hydrogen) atoms. The Kier molecular flexibility index (Phi) is 4.67. The van der Waals surface area contributed by atoms with Gasteiger partial charge in [0.2, 0.25) is 0 Å². The van der Waals surface area contributed by atoms with Gasteiger partial charge in [-0.3, -0.25) is 4.79 Å². The van der Waals surface area contributed by atoms with Crippen molar-refractivity contribution in [3.63, 3.8) is 0 Å². The number of rotatable bonds is 5. The van der Waals surface area contributed by atoms with E-state index in [9.17, 15) is 4.79 Å². The Morgan fingerprint density at radius 1 is 1.50 bits per heavy atom. The Morgan fingerprint density at radius 3 is 2.61 bits per heavy atom. The molecule has 0 fully saturated rings. The summed E-state index contributed by atoms with van der Waals surface area (Å²) in [6.45, 7) is 6.48. The lowest BCUT2D eigenvalue weighted by molar-refractivity contribution is 0.1000. The van der Waals surface area contributed by atoms with Crippen molar-refractivity contribution in [1.29, 1.82) is 0 Å². The Morgan fingerprint density at radius 2 is 2.11 bits per heavy atom. The Labute approximate surface area is 108 Å². The van der Waals surface area contributed by atoms with E-state index < -0.39 is 5.91 Å². The Balaban J connectivity index is 3.09. The average molecular weight is 250 g/mol. The van der Waals surface area contributed by atoms with E-state index in [4.69, 9.17) is 11.5 Å². The molecule has 0 radical (unpaired) electrons. The first-order valence-corrected chi connectivity index (χ1v) is 6.07. The van der Waals surface area contributed by atoms with Crippen molar-refractivity contribution < 1.29 is 4.79 Å². The maximum absolute atomic E-state index is 11.5. The normalized spacial score (nSPS) is 12.3. The smallest absolute Gasteiger partial charge is 0.252 e. The number of carbonyl (C=O) groups excluding carboxylic acids is 1. The van der Waals surface area contributed by atoms with Gasteiger partial charge in [0.15, 0.2) is 0 Å². The number of nitrogens with zero attached hydrogens (tertiary/aromatic N) is 2. The van der Waals surface area contributed by atoms with Crippen LogP contribution in [0.5, 0.6) is 0 Å². The van der Waals surface area contributed by atoms with Crippen LogP contribution in [0, 0.1) is 13.8 Å². The molecule has 0 bridgehead atoms. The number of pyridine rings is 1. The third kappa shape index (κ3) is 3.43. The molecule has 0 saturated carbocycles. The number of anilines is 1. The molecule has 1 rings (SSSR count). The summed E-state index contributed by atoms with van der Waals surface area (Å²) in [5, 5.41) is 0. The van der Waals surface area contributed by atoms with Crippen LogP contribution < -0.4 is 16.4 Å². The fourth-order valence-electron chi connectivity index (χ4n) is 1.90. The molecule has 100 valence electrons. The van der Waals surface area contributed by atoms with E-state index in [1.54, 1.807) is 0 Å². The van der Waals surface area contributed by atoms with Gasteiger partial charge in [-0.2, -0.15) is 0 Å². The van der Waals surface area contributed by atoms with E-state index in [2.05, 4.69) is 4.98 Å². The summed E-state index contributed by atoms with van der Waals surface area (Å²) in [7, 11) is 1.90. The van der Waals surface area contributed by atoms with Gasteiger partial charge in [0.25, 0.3) is 5.91 Å². The van der Waals surface area contributed by atoms with Crippen LogP contribution >= 0.6 is 0 Å². The second kappa shape index (κ2) is 5.82. The molecule has 1 amide bonds. The molecule has 1 unspecified atom stereocenters. The van der Waals surface area contributed by atoms with Crippen LogP contribution in [0.25, 0.3) is 0 Å². The van der Waals surface area contributed by atoms with Crippen LogP contribution in [0.15, 0.2) is 6.07 Å². The lowest BCUT2D eigenvalue weighted by Gasteiger charge is -2.22. The predicted molar refractivity (Wildman–Crippen MR) is 73.8 cm³/mol. The molecule has 0 aliphatic heterocycles. The van der Waals surface area contributed by atoms with Crippen molar-refractivity contribution in [3.05, 3.63) is 22.9 Å². The number of carbonyl (C=O) groups is 1. The molecule has 1 aromatic heterocycles. The van der Waals surface area contributed by atoms with E-state index in [1.165, 1.54) is 0 Å². The van der Waals surface area contributed by atoms with Gasteiger partial charge < -0.3 is 16.4 Å². The van der Waals surface area contributed by atoms with Gasteiger partial charge >= 0.3 is 0 Å². The first-order valence-electron chi connectivity index (χ1n) is 6.07. The highest BCUT2D eigenvalue weighted by Crippen LogP contribution is 2.21. The second-order valence-corrected chi connectivity index (χ2v) is 4.83. The SMILES string of the molecule is Cc1cc(C)c(C(N)=O)c(N(C)CCC(C)N)n1. The number of hydrogen-bond donors (Lipinski definition) is 2. The molecule has 4 N–H and O–H groups in total. The molecular formula is C13H22N4O. The van der Waals surface area contributed by atoms with Gasteiger partial charge in [0.05, 0.1) is 5.56 Å². The zero-order valence-corrected chi connectivity index (χ0v) is 11.5. The Hall–Kier alpha value is -1.62. The topological polar surface area (TPSA) is 85.2 Å². The van der Waals surface area contributed by atoms with Gasteiger partial charge in [-0.05, 0) is 38.8 Å². The Bertz CT molecular complexity index is 443. The molecule has 1 atom stereocenters. The molecule has 5 nitrogen and oxygen atoms in total. The van der Waals surface area contributed by atoms with Gasteiger partial charge in [-0.25, -0.2) is 4.98 Å². The summed E-state index contributed by atoms with van der Waals surface area (Å²) in [6, 6.07) is 1.98. The van der Waals surface area contributed by atoms with Crippen molar-refractivity contribution in [2.45, 2.75) is 33.2 Å². The second-order valence-electron chi connectivity index (χ2n) is 4.83. The highest BCUT2D eigenvalue weighted by molar-refractivity contribution is 5.99. The van der Waals surface area contributed by atoms with E-state index in [1.807, 2.05) is 38.8 Å². The largest absolute Gasteiger partial charge is 0.365 e. The minimum absolute atomic E-state index is 0.121. The molecule has 0 aliphatic rings. The number of aryl methyl sites for hydroxylation is 2. The van der Waals surface area contributed by atoms with Crippen LogP contribution in [0.3, 0.4) is 0 Å². The van der Waals surface area contributed by atoms with Gasteiger partial charge in [-0.15, -0.1) is 0 Å². The van der Waals surface area contributed by atoms with E-state index in [-0.39, 0.29) is 6.04 Å². The van der Waals surface area contributed by atoms with Crippen molar-refractivity contribution in [2.24, 2.45) is 11.5 Å². The number of hydrogen-bond acceptors (Lipinski definition) is 4. The first kappa shape index (κ1) is 14.4. The van der Waals surface area contributed by atoms with Gasteiger partial charge in [-0.1, -0.05) is 0 Å². The summed E-state index contributed by atoms with van der Waals surface area (Å²) in [4.78, 5) is 17.9. The standard InChI is InChI=1S/C13H22N4O/c1-8-7-10(3)16-13(11(8)12(15)18)17(4)6-5-9(2)14/h7,9H,5-6,14H2,1-4H3,(H2,15,18). The van der Waals surface area contributed by atoms with Crippen LogP contribution in [0.1, 0.15) is 35.0 Å². The third-order valence-electron chi connectivity index (χ3n) is 2.85. The maximum atomic E-state index is 11.5. The summed E-state index contributed by atoms with van der Waals surface area (Å²) < 4.78 is 0. The van der Waals surface area contributed by atoms with Crippen LogP contribution in [-0.4, -0.2) is 30.5 Å². The van der Waals surface area contributed by atoms with Crippen molar-refractivity contribution in [1.82, 2.24) is 4.98 Å². The highest BCUT2D eigenvalue weighted by Gasteiger charge is 2.17. The van der Waals surface area contributed by atoms with E-state index in [0.29, 0.717) is 11.4 Å². The molecular weight excluding hydrogens is 228 g/mol. The molecule has 5 heteroatoms. The fourth-order valence-corrected chi connectivity index (χ4v) is 1.90. The van der Waals surface area contributed by atoms with Crippen LogP contribution in [0.4, 0.5) is 5.82 Å². The maximum Gasteiger partial charge on any atom is 0.252 e. The average Bonchev–Trinajstić information content (AvgIpc) is 2.23. The van der Waals surface area contributed by atoms with Crippen molar-refractivity contribution >= 4 is 11.7 Å². The predicted octanol–water partition coefficient (Wildman–Crippen LogP) is 0.971. The zero-order chi connectivity index (χ0) is 13.9. The molecule has 1 heterocycles. The van der Waals surface area contributed by atoms with E-state index >= 15 is 0 Å². The number of primary amides is 1. The molecule has 1 aromatic rings. The summed E-state index contributed by atoms with van der Waals surface area (Å²) in [5.74, 6) is 0.197. The molecule has 0 spiro atoms. The van der Waals surface area contributed by atoms with Crippen LogP contribution in [-0.2, 0) is 0 Å². The minimum atomic E-state index is -0.442. The van der Waals surface area contributed by atoms with E-state index in [0.717, 1.165) is 24.2 Å². The minimum Gasteiger partial charge on any atom is -0.365 e. The molecule has 0 aromatic carbocycles. The highest BCUT2D eigenvalue weighted by atomic mass is 16.1. The summed E-state index contributed by atoms with van der Waals surface area (Å²) in [6.07, 6.45) is 0.837. The molecule has 0 aliphatic carbocycles. The monoisotopic (exact) mass is 250 g/mol. The van der Waals surface area contributed by atoms with Crippen molar-refractivity contribution in [3.8, 4) is 0 Å². The van der Waals surface area contributed by atoms with Crippen molar-refractivity contribution in [2.75, 3.05) is 18.5 Å². The van der Waals surface area contributed by atoms with Gasteiger partial charge in [0.1, 0.15) is 5.82 Å². The first-order chi connectivity index (χ1) is 8.32. The lowest BCUT2D eigenvalue weighted by Crippen LogP contribution is -2.29. The van der Waals surface area contributed by atoms with Crippen LogP contribution in [0.2, 0.25) is 0 Å². The quantitative estimate of drug-likeness (QED) is 0.815. The fraction of sp³-hybridized carbons (Fsp3) is 0.538. The molecule has 0 saturated heterocycles. The summed E-state index contributed by atoms with van der Waals surface area (Å²) in [5.41, 5.74) is 13.4. The zero-order valence-electron chi connectivity index (χ0n) is 11.5. The van der Waals surface area contributed by atoms with Gasteiger partial charge in [0, 0.05) is 25.3 Å². The lowest BCUT2D eigenvalue weighted by atomic mass is 10.1. The number of amides is 1. The summed E-state index contributed by atoms with van der Waals surface area (Å²) >= 11 is 0.